The highest BCUT2D eigenvalue weighted by Gasteiger charge is 2.44. The van der Waals surface area contributed by atoms with Gasteiger partial charge in [-0.05, 0) is 56.9 Å². The Morgan fingerprint density at radius 3 is 2.38 bits per heavy atom. The summed E-state index contributed by atoms with van der Waals surface area (Å²) >= 11 is 0. The topological polar surface area (TPSA) is 88.1 Å². The maximum atomic E-state index is 12.4. The number of benzene rings is 1. The summed E-state index contributed by atoms with van der Waals surface area (Å²) in [6.45, 7) is 8.42. The molecule has 2 fully saturated rings. The second-order valence-corrected chi connectivity index (χ2v) is 8.70. The summed E-state index contributed by atoms with van der Waals surface area (Å²) in [5.41, 5.74) is 3.77. The van der Waals surface area contributed by atoms with E-state index in [1.165, 1.54) is 11.3 Å². The van der Waals surface area contributed by atoms with Crippen molar-refractivity contribution in [1.29, 1.82) is 0 Å². The van der Waals surface area contributed by atoms with Crippen molar-refractivity contribution in [2.75, 3.05) is 43.2 Å². The Morgan fingerprint density at radius 1 is 1.19 bits per heavy atom. The van der Waals surface area contributed by atoms with Crippen LogP contribution in [0.2, 0.25) is 0 Å². The second kappa shape index (κ2) is 9.66. The molecule has 178 valence electrons. The molecule has 10 heteroatoms. The molecule has 4 rings (SSSR count). The lowest BCUT2D eigenvalue weighted by molar-refractivity contribution is -0.192. The molecular formula is C22H29F3N2O5. The van der Waals surface area contributed by atoms with E-state index in [1.54, 1.807) is 0 Å². The zero-order valence-electron chi connectivity index (χ0n) is 18.2. The number of rotatable bonds is 3. The van der Waals surface area contributed by atoms with Crippen molar-refractivity contribution >= 4 is 23.3 Å². The summed E-state index contributed by atoms with van der Waals surface area (Å²) in [5, 5.41) is 10.2. The van der Waals surface area contributed by atoms with Crippen LogP contribution in [0, 0.1) is 5.92 Å². The molecule has 0 radical (unpaired) electrons. The molecule has 0 aliphatic carbocycles. The van der Waals surface area contributed by atoms with Crippen molar-refractivity contribution in [3.05, 3.63) is 23.8 Å². The molecule has 1 atom stereocenters. The number of nitrogens with zero attached hydrogens (tertiary/aromatic N) is 1. The van der Waals surface area contributed by atoms with Crippen molar-refractivity contribution in [3.8, 4) is 0 Å². The van der Waals surface area contributed by atoms with E-state index in [0.29, 0.717) is 19.3 Å². The van der Waals surface area contributed by atoms with Gasteiger partial charge < -0.3 is 24.8 Å². The average molecular weight is 458 g/mol. The summed E-state index contributed by atoms with van der Waals surface area (Å²) in [4.78, 5) is 23.8. The number of carbonyl (C=O) groups is 2. The highest BCUT2D eigenvalue weighted by Crippen LogP contribution is 2.48. The van der Waals surface area contributed by atoms with E-state index in [-0.39, 0.29) is 17.2 Å². The van der Waals surface area contributed by atoms with Crippen molar-refractivity contribution in [2.45, 2.75) is 50.7 Å². The van der Waals surface area contributed by atoms with Crippen molar-refractivity contribution in [1.82, 2.24) is 0 Å². The third kappa shape index (κ3) is 5.35. The minimum absolute atomic E-state index is 0.0162. The smallest absolute Gasteiger partial charge is 0.475 e. The molecular weight excluding hydrogens is 429 g/mol. The van der Waals surface area contributed by atoms with E-state index < -0.39 is 12.1 Å². The number of hydrogen-bond acceptors (Lipinski definition) is 5. The number of ether oxygens (including phenoxy) is 2. The Hall–Kier alpha value is -2.33. The first-order valence-electron chi connectivity index (χ1n) is 10.7. The van der Waals surface area contributed by atoms with E-state index in [9.17, 15) is 18.0 Å². The number of alkyl halides is 3. The Bertz CT molecular complexity index is 831. The van der Waals surface area contributed by atoms with Gasteiger partial charge in [-0.25, -0.2) is 4.79 Å². The van der Waals surface area contributed by atoms with E-state index in [2.05, 4.69) is 36.2 Å². The molecule has 3 aliphatic rings. The number of carbonyl (C=O) groups excluding carboxylic acids is 1. The maximum Gasteiger partial charge on any atom is 0.490 e. The fourth-order valence-electron chi connectivity index (χ4n) is 4.42. The number of anilines is 2. The first kappa shape index (κ1) is 24.3. The molecule has 0 aromatic heterocycles. The summed E-state index contributed by atoms with van der Waals surface area (Å²) in [6.07, 6.45) is -2.16. The lowest BCUT2D eigenvalue weighted by atomic mass is 9.75. The molecule has 7 nitrogen and oxygen atoms in total. The molecule has 3 heterocycles. The number of aliphatic carboxylic acids is 1. The monoisotopic (exact) mass is 458 g/mol. The second-order valence-electron chi connectivity index (χ2n) is 8.70. The van der Waals surface area contributed by atoms with Crippen LogP contribution in [-0.4, -0.2) is 62.2 Å². The van der Waals surface area contributed by atoms with Crippen LogP contribution in [0.15, 0.2) is 18.2 Å². The third-order valence-corrected chi connectivity index (χ3v) is 6.23. The Labute approximate surface area is 184 Å². The summed E-state index contributed by atoms with van der Waals surface area (Å²) in [7, 11) is 0. The molecule has 3 aliphatic heterocycles. The molecule has 1 unspecified atom stereocenters. The number of carboxylic acids is 1. The summed E-state index contributed by atoms with van der Waals surface area (Å²) in [5.74, 6) is -2.69. The maximum absolute atomic E-state index is 12.4. The predicted octanol–water partition coefficient (Wildman–Crippen LogP) is 3.57. The van der Waals surface area contributed by atoms with Crippen LogP contribution in [0.1, 0.15) is 38.7 Å². The van der Waals surface area contributed by atoms with Gasteiger partial charge in [0.15, 0.2) is 0 Å². The fraction of sp³-hybridized carbons (Fsp3) is 0.636. The molecule has 1 amide bonds. The fourth-order valence-corrected chi connectivity index (χ4v) is 4.42. The van der Waals surface area contributed by atoms with Gasteiger partial charge in [-0.3, -0.25) is 4.79 Å². The normalized spacial score (nSPS) is 21.8. The number of fused-ring (bicyclic) bond motifs is 2. The van der Waals surface area contributed by atoms with Gasteiger partial charge in [0.1, 0.15) is 0 Å². The summed E-state index contributed by atoms with van der Waals surface area (Å²) < 4.78 is 42.7. The zero-order chi connectivity index (χ0) is 23.5. The Balaban J connectivity index is 0.000000360. The number of amides is 1. The quantitative estimate of drug-likeness (QED) is 0.720. The Kier molecular flexibility index (Phi) is 7.34. The van der Waals surface area contributed by atoms with Gasteiger partial charge >= 0.3 is 12.1 Å². The molecule has 32 heavy (non-hydrogen) atoms. The molecule has 1 aromatic rings. The van der Waals surface area contributed by atoms with Crippen LogP contribution in [0.25, 0.3) is 0 Å². The minimum atomic E-state index is -5.08. The number of halogens is 3. The first-order chi connectivity index (χ1) is 15.0. The molecule has 1 spiro atoms. The van der Waals surface area contributed by atoms with Crippen LogP contribution in [0.3, 0.4) is 0 Å². The Morgan fingerprint density at radius 2 is 1.84 bits per heavy atom. The van der Waals surface area contributed by atoms with Crippen LogP contribution in [-0.2, 0) is 24.5 Å². The minimum Gasteiger partial charge on any atom is -0.475 e. The highest BCUT2D eigenvalue weighted by molar-refractivity contribution is 5.93. The van der Waals surface area contributed by atoms with Crippen LogP contribution >= 0.6 is 0 Å². The zero-order valence-corrected chi connectivity index (χ0v) is 18.2. The van der Waals surface area contributed by atoms with Crippen LogP contribution in [0.5, 0.6) is 0 Å². The highest BCUT2D eigenvalue weighted by atomic mass is 19.4. The lowest BCUT2D eigenvalue weighted by Crippen LogP contribution is -2.40. The van der Waals surface area contributed by atoms with Crippen molar-refractivity contribution in [2.24, 2.45) is 5.92 Å². The van der Waals surface area contributed by atoms with E-state index >= 15 is 0 Å². The summed E-state index contributed by atoms with van der Waals surface area (Å²) in [6, 6.07) is 6.90. The molecule has 0 saturated carbocycles. The third-order valence-electron chi connectivity index (χ3n) is 6.23. The number of nitrogens with one attached hydrogen (secondary N) is 1. The van der Waals surface area contributed by atoms with Gasteiger partial charge in [-0.1, -0.05) is 0 Å². The van der Waals surface area contributed by atoms with Gasteiger partial charge in [0, 0.05) is 49.2 Å². The first-order valence-corrected chi connectivity index (χ1v) is 10.7. The predicted molar refractivity (Wildman–Crippen MR) is 112 cm³/mol. The standard InChI is InChI=1S/C20H28N2O3.C2HF3O2/c1-14(2)22-13-20(6-9-24-10-7-20)17-11-16(3-4-18(17)22)21-19(23)15-5-8-25-12-15;3-2(4,5)1(6)7/h3-4,11,14-15H,5-10,12-13H2,1-2H3,(H,21,23);(H,6,7). The van der Waals surface area contributed by atoms with Crippen molar-refractivity contribution < 1.29 is 37.3 Å². The van der Waals surface area contributed by atoms with Crippen LogP contribution < -0.4 is 10.2 Å². The lowest BCUT2D eigenvalue weighted by Gasteiger charge is -2.35. The largest absolute Gasteiger partial charge is 0.490 e. The van der Waals surface area contributed by atoms with E-state index in [1.807, 2.05) is 6.07 Å². The van der Waals surface area contributed by atoms with Gasteiger partial charge in [0.25, 0.3) is 0 Å². The molecule has 2 N–H and O–H groups in total. The molecule has 1 aromatic carbocycles. The van der Waals surface area contributed by atoms with Crippen LogP contribution in [0.4, 0.5) is 24.5 Å². The number of carboxylic acid groups (broad SMARTS) is 1. The molecule has 0 bridgehead atoms. The van der Waals surface area contributed by atoms with Crippen molar-refractivity contribution in [3.63, 3.8) is 0 Å². The van der Waals surface area contributed by atoms with Gasteiger partial charge in [-0.2, -0.15) is 13.2 Å². The molecule has 2 saturated heterocycles. The van der Waals surface area contributed by atoms with Gasteiger partial charge in [0.05, 0.1) is 12.5 Å². The van der Waals surface area contributed by atoms with E-state index in [4.69, 9.17) is 19.4 Å². The SMILES string of the molecule is CC(C)N1CC2(CCOCC2)c2cc(NC(=O)C3CCOC3)ccc21.O=C(O)C(F)(F)F. The average Bonchev–Trinajstić information content (AvgIpc) is 3.36. The van der Waals surface area contributed by atoms with E-state index in [0.717, 1.165) is 44.7 Å². The number of hydrogen-bond donors (Lipinski definition) is 2. The van der Waals surface area contributed by atoms with Gasteiger partial charge in [-0.15, -0.1) is 0 Å². The van der Waals surface area contributed by atoms with Gasteiger partial charge in [0.2, 0.25) is 5.91 Å².